The molecule has 0 atom stereocenters. The molecule has 0 saturated carbocycles. The molecule has 0 aromatic heterocycles. The summed E-state index contributed by atoms with van der Waals surface area (Å²) in [6, 6.07) is 11.9. The van der Waals surface area contributed by atoms with Crippen molar-refractivity contribution in [2.24, 2.45) is 0 Å². The van der Waals surface area contributed by atoms with E-state index in [1.54, 1.807) is 12.1 Å². The topological polar surface area (TPSA) is 116 Å². The van der Waals surface area contributed by atoms with Crippen LogP contribution in [-0.4, -0.2) is 47.8 Å². The van der Waals surface area contributed by atoms with Gasteiger partial charge in [0.15, 0.2) is 6.61 Å². The maximum absolute atomic E-state index is 12.2. The van der Waals surface area contributed by atoms with Crippen LogP contribution in [0.2, 0.25) is 0 Å². The molecule has 2 aromatic rings. The molecule has 148 valence electrons. The first-order chi connectivity index (χ1) is 13.8. The molecule has 0 fully saturated rings. The standard InChI is InChI=1S/C20H15NO8/c1-12(22)28-13-6-8-14(9-7-13)29-18(24)11-27-17(23)10-21-19(25)15-4-2-3-5-16(15)20(21)26/h2-9H,10-11H2,1H3. The monoisotopic (exact) mass is 397 g/mol. The van der Waals surface area contributed by atoms with E-state index in [2.05, 4.69) is 0 Å². The normalized spacial score (nSPS) is 12.4. The Hall–Kier alpha value is -4.01. The minimum atomic E-state index is -0.929. The van der Waals surface area contributed by atoms with Gasteiger partial charge >= 0.3 is 17.9 Å². The second kappa shape index (κ2) is 8.34. The van der Waals surface area contributed by atoms with Crippen LogP contribution in [0.4, 0.5) is 0 Å². The quantitative estimate of drug-likeness (QED) is 0.407. The maximum Gasteiger partial charge on any atom is 0.349 e. The van der Waals surface area contributed by atoms with Crippen LogP contribution in [0.5, 0.6) is 11.5 Å². The summed E-state index contributed by atoms with van der Waals surface area (Å²) < 4.78 is 14.6. The van der Waals surface area contributed by atoms with Crippen LogP contribution in [0.15, 0.2) is 48.5 Å². The average molecular weight is 397 g/mol. The van der Waals surface area contributed by atoms with Crippen LogP contribution >= 0.6 is 0 Å². The Bertz CT molecular complexity index is 961. The summed E-state index contributed by atoms with van der Waals surface area (Å²) in [5.41, 5.74) is 0.420. The fourth-order valence-electron chi connectivity index (χ4n) is 2.60. The zero-order valence-electron chi connectivity index (χ0n) is 15.2. The summed E-state index contributed by atoms with van der Waals surface area (Å²) in [7, 11) is 0. The second-order valence-corrected chi connectivity index (χ2v) is 5.94. The van der Waals surface area contributed by atoms with Crippen LogP contribution in [-0.2, 0) is 19.1 Å². The predicted molar refractivity (Wildman–Crippen MR) is 96.2 cm³/mol. The van der Waals surface area contributed by atoms with E-state index in [0.29, 0.717) is 0 Å². The summed E-state index contributed by atoms with van der Waals surface area (Å²) in [4.78, 5) is 59.7. The van der Waals surface area contributed by atoms with Crippen molar-refractivity contribution in [3.05, 3.63) is 59.7 Å². The number of hydrogen-bond acceptors (Lipinski definition) is 8. The van der Waals surface area contributed by atoms with Gasteiger partial charge in [-0.15, -0.1) is 0 Å². The smallest absolute Gasteiger partial charge is 0.349 e. The van der Waals surface area contributed by atoms with E-state index in [4.69, 9.17) is 14.2 Å². The molecule has 29 heavy (non-hydrogen) atoms. The van der Waals surface area contributed by atoms with Crippen LogP contribution in [0.3, 0.4) is 0 Å². The van der Waals surface area contributed by atoms with E-state index >= 15 is 0 Å². The van der Waals surface area contributed by atoms with E-state index in [0.717, 1.165) is 4.90 Å². The number of nitrogens with zero attached hydrogens (tertiary/aromatic N) is 1. The van der Waals surface area contributed by atoms with E-state index < -0.39 is 42.9 Å². The van der Waals surface area contributed by atoms with Gasteiger partial charge in [-0.3, -0.25) is 24.1 Å². The van der Waals surface area contributed by atoms with Gasteiger partial charge in [0.1, 0.15) is 18.0 Å². The molecule has 0 aliphatic carbocycles. The average Bonchev–Trinajstić information content (AvgIpc) is 2.93. The Labute approximate surface area is 164 Å². The van der Waals surface area contributed by atoms with Crippen molar-refractivity contribution in [1.82, 2.24) is 4.90 Å². The van der Waals surface area contributed by atoms with Gasteiger partial charge in [0.25, 0.3) is 11.8 Å². The van der Waals surface area contributed by atoms with Gasteiger partial charge in [0.2, 0.25) is 0 Å². The van der Waals surface area contributed by atoms with Crippen molar-refractivity contribution in [2.45, 2.75) is 6.92 Å². The minimum Gasteiger partial charge on any atom is -0.452 e. The van der Waals surface area contributed by atoms with E-state index in [-0.39, 0.29) is 22.6 Å². The van der Waals surface area contributed by atoms with Crippen molar-refractivity contribution >= 4 is 29.7 Å². The van der Waals surface area contributed by atoms with Gasteiger partial charge in [-0.2, -0.15) is 0 Å². The van der Waals surface area contributed by atoms with Crippen molar-refractivity contribution in [1.29, 1.82) is 0 Å². The SMILES string of the molecule is CC(=O)Oc1ccc(OC(=O)COC(=O)CN2C(=O)c3ccccc3C2=O)cc1. The molecule has 1 aliphatic rings. The highest BCUT2D eigenvalue weighted by Crippen LogP contribution is 2.22. The van der Waals surface area contributed by atoms with Gasteiger partial charge in [-0.05, 0) is 36.4 Å². The molecular formula is C20H15NO8. The van der Waals surface area contributed by atoms with Gasteiger partial charge in [0, 0.05) is 6.92 Å². The molecule has 2 aromatic carbocycles. The fraction of sp³-hybridized carbons (Fsp3) is 0.150. The Morgan fingerprint density at radius 2 is 1.31 bits per heavy atom. The molecule has 0 spiro atoms. The number of amides is 2. The molecular weight excluding hydrogens is 382 g/mol. The zero-order chi connectivity index (χ0) is 21.0. The van der Waals surface area contributed by atoms with Crippen LogP contribution in [0.1, 0.15) is 27.6 Å². The van der Waals surface area contributed by atoms with Gasteiger partial charge < -0.3 is 14.2 Å². The molecule has 1 heterocycles. The molecule has 2 amide bonds. The predicted octanol–water partition coefficient (Wildman–Crippen LogP) is 1.36. The summed E-state index contributed by atoms with van der Waals surface area (Å²) in [6.45, 7) is -0.0609. The molecule has 1 aliphatic heterocycles. The molecule has 0 N–H and O–H groups in total. The maximum atomic E-state index is 12.2. The number of imide groups is 1. The molecule has 9 nitrogen and oxygen atoms in total. The lowest BCUT2D eigenvalue weighted by Gasteiger charge is -2.12. The highest BCUT2D eigenvalue weighted by Gasteiger charge is 2.36. The first-order valence-corrected chi connectivity index (χ1v) is 8.45. The van der Waals surface area contributed by atoms with Gasteiger partial charge in [-0.25, -0.2) is 4.79 Å². The molecule has 9 heteroatoms. The van der Waals surface area contributed by atoms with Crippen LogP contribution < -0.4 is 9.47 Å². The van der Waals surface area contributed by atoms with Crippen molar-refractivity contribution < 1.29 is 38.2 Å². The Morgan fingerprint density at radius 3 is 1.83 bits per heavy atom. The van der Waals surface area contributed by atoms with Crippen molar-refractivity contribution in [3.63, 3.8) is 0 Å². The zero-order valence-corrected chi connectivity index (χ0v) is 15.2. The van der Waals surface area contributed by atoms with E-state index in [9.17, 15) is 24.0 Å². The Kier molecular flexibility index (Phi) is 5.68. The first-order valence-electron chi connectivity index (χ1n) is 8.45. The number of carbonyl (C=O) groups is 5. The largest absolute Gasteiger partial charge is 0.452 e. The van der Waals surface area contributed by atoms with Crippen LogP contribution in [0, 0.1) is 0 Å². The highest BCUT2D eigenvalue weighted by molar-refractivity contribution is 6.22. The van der Waals surface area contributed by atoms with Crippen LogP contribution in [0.25, 0.3) is 0 Å². The van der Waals surface area contributed by atoms with E-state index in [1.807, 2.05) is 0 Å². The van der Waals surface area contributed by atoms with Crippen molar-refractivity contribution in [2.75, 3.05) is 13.2 Å². The van der Waals surface area contributed by atoms with Gasteiger partial charge in [0.05, 0.1) is 11.1 Å². The third-order valence-corrected chi connectivity index (χ3v) is 3.83. The molecule has 0 saturated heterocycles. The van der Waals surface area contributed by atoms with Crippen molar-refractivity contribution in [3.8, 4) is 11.5 Å². The summed E-state index contributed by atoms with van der Waals surface area (Å²) in [5.74, 6) is -3.04. The first kappa shape index (κ1) is 19.7. The molecule has 0 radical (unpaired) electrons. The lowest BCUT2D eigenvalue weighted by molar-refractivity contribution is -0.153. The number of ether oxygens (including phenoxy) is 3. The number of carbonyl (C=O) groups excluding carboxylic acids is 5. The van der Waals surface area contributed by atoms with E-state index in [1.165, 1.54) is 43.3 Å². The summed E-state index contributed by atoms with van der Waals surface area (Å²) in [5, 5.41) is 0. The number of fused-ring (bicyclic) bond motifs is 1. The summed E-state index contributed by atoms with van der Waals surface area (Å²) in [6.07, 6.45) is 0. The Morgan fingerprint density at radius 1 is 0.793 bits per heavy atom. The molecule has 0 bridgehead atoms. The lowest BCUT2D eigenvalue weighted by Crippen LogP contribution is -2.36. The molecule has 3 rings (SSSR count). The summed E-state index contributed by atoms with van der Waals surface area (Å²) >= 11 is 0. The van der Waals surface area contributed by atoms with Gasteiger partial charge in [-0.1, -0.05) is 12.1 Å². The number of hydrogen-bond donors (Lipinski definition) is 0. The lowest BCUT2D eigenvalue weighted by atomic mass is 10.1. The number of esters is 3. The fourth-order valence-corrected chi connectivity index (χ4v) is 2.60. The number of rotatable bonds is 6. The minimum absolute atomic E-state index is 0.155. The third-order valence-electron chi connectivity index (χ3n) is 3.83. The Balaban J connectivity index is 1.48. The second-order valence-electron chi connectivity index (χ2n) is 5.94. The molecule has 0 unspecified atom stereocenters. The third kappa shape index (κ3) is 4.64. The number of benzene rings is 2. The highest BCUT2D eigenvalue weighted by atomic mass is 16.6.